The molecule has 0 spiro atoms. The van der Waals surface area contributed by atoms with Crippen molar-refractivity contribution in [3.8, 4) is 0 Å². The van der Waals surface area contributed by atoms with Gasteiger partial charge in [0.15, 0.2) is 0 Å². The van der Waals surface area contributed by atoms with Gasteiger partial charge in [-0.15, -0.1) is 0 Å². The second kappa shape index (κ2) is 9.03. The molecule has 0 unspecified atom stereocenters. The fraction of sp³-hybridized carbons (Fsp3) is 0.333. The van der Waals surface area contributed by atoms with Crippen molar-refractivity contribution in [2.45, 2.75) is 44.4 Å². The fourth-order valence-corrected chi connectivity index (χ4v) is 5.20. The highest BCUT2D eigenvalue weighted by Gasteiger charge is 2.23. The number of aromatic carboxylic acids is 1. The molecule has 1 aromatic heterocycles. The lowest BCUT2D eigenvalue weighted by molar-refractivity contribution is 0.0698. The molecule has 1 aliphatic heterocycles. The number of carboxylic acid groups (broad SMARTS) is 1. The van der Waals surface area contributed by atoms with Crippen molar-refractivity contribution in [2.24, 2.45) is 0 Å². The first-order valence-corrected chi connectivity index (χ1v) is 11.6. The summed E-state index contributed by atoms with van der Waals surface area (Å²) in [5.74, 6) is -0.563. The fourth-order valence-electron chi connectivity index (χ4n) is 5.20. The Bertz CT molecular complexity index is 1130. The van der Waals surface area contributed by atoms with Crippen LogP contribution in [-0.2, 0) is 12.8 Å². The third kappa shape index (κ3) is 4.07. The van der Waals surface area contributed by atoms with Crippen LogP contribution in [0, 0.1) is 0 Å². The molecule has 2 aromatic carbocycles. The van der Waals surface area contributed by atoms with Crippen LogP contribution in [0.15, 0.2) is 60.9 Å². The van der Waals surface area contributed by atoms with Crippen molar-refractivity contribution in [2.75, 3.05) is 23.3 Å². The van der Waals surface area contributed by atoms with Crippen LogP contribution < -0.4 is 10.2 Å². The molecule has 32 heavy (non-hydrogen) atoms. The molecule has 5 heteroatoms. The van der Waals surface area contributed by atoms with Crippen LogP contribution in [0.4, 0.5) is 17.1 Å². The van der Waals surface area contributed by atoms with Crippen molar-refractivity contribution in [1.82, 2.24) is 4.98 Å². The van der Waals surface area contributed by atoms with Gasteiger partial charge in [0.05, 0.1) is 17.4 Å². The Kier molecular flexibility index (Phi) is 5.80. The zero-order chi connectivity index (χ0) is 21.9. The summed E-state index contributed by atoms with van der Waals surface area (Å²) in [6, 6.07) is 17.3. The van der Waals surface area contributed by atoms with Gasteiger partial charge in [-0.05, 0) is 79.5 Å². The molecule has 0 radical (unpaired) electrons. The summed E-state index contributed by atoms with van der Waals surface area (Å²) in [6.07, 6.45) is 10.1. The number of pyridine rings is 1. The minimum Gasteiger partial charge on any atom is -0.478 e. The van der Waals surface area contributed by atoms with Crippen LogP contribution in [0.3, 0.4) is 0 Å². The second-order valence-electron chi connectivity index (χ2n) is 8.82. The molecular weight excluding hydrogens is 398 g/mol. The summed E-state index contributed by atoms with van der Waals surface area (Å²) < 4.78 is 0. The monoisotopic (exact) mass is 427 g/mol. The number of rotatable bonds is 5. The molecule has 2 N–H and O–H groups in total. The quantitative estimate of drug-likeness (QED) is 0.540. The average molecular weight is 428 g/mol. The molecule has 5 rings (SSSR count). The van der Waals surface area contributed by atoms with Crippen molar-refractivity contribution in [3.63, 3.8) is 0 Å². The average Bonchev–Trinajstić information content (AvgIpc) is 3.05. The standard InChI is InChI=1S/C27H29N3O2/c31-27(32)24-13-14-28-18-25(24)29-17-21-9-5-8-20-16-22(11-12-23(20)21)30-15-4-3-7-19-6-1-2-10-26(19)30/h1-2,6,10-14,16,18,21,29H,3-5,7-9,15,17H2,(H,31,32)/t21-/m0/s1. The molecule has 5 nitrogen and oxygen atoms in total. The minimum absolute atomic E-state index is 0.270. The van der Waals surface area contributed by atoms with Crippen LogP contribution in [0.5, 0.6) is 0 Å². The number of carbonyl (C=O) groups is 1. The third-order valence-corrected chi connectivity index (χ3v) is 6.83. The number of hydrogen-bond donors (Lipinski definition) is 2. The number of hydrogen-bond acceptors (Lipinski definition) is 4. The summed E-state index contributed by atoms with van der Waals surface area (Å²) in [7, 11) is 0. The Balaban J connectivity index is 1.38. The van der Waals surface area contributed by atoms with E-state index in [1.54, 1.807) is 12.3 Å². The Morgan fingerprint density at radius 1 is 1.06 bits per heavy atom. The van der Waals surface area contributed by atoms with Crippen LogP contribution in [0.1, 0.15) is 58.6 Å². The second-order valence-corrected chi connectivity index (χ2v) is 8.82. The van der Waals surface area contributed by atoms with Gasteiger partial charge in [0.2, 0.25) is 0 Å². The number of carboxylic acids is 1. The van der Waals surface area contributed by atoms with Gasteiger partial charge < -0.3 is 15.3 Å². The number of benzene rings is 2. The summed E-state index contributed by atoms with van der Waals surface area (Å²) in [6.45, 7) is 1.77. The lowest BCUT2D eigenvalue weighted by atomic mass is 9.82. The highest BCUT2D eigenvalue weighted by molar-refractivity contribution is 5.93. The molecule has 0 saturated carbocycles. The zero-order valence-corrected chi connectivity index (χ0v) is 18.3. The first-order chi connectivity index (χ1) is 15.7. The smallest absolute Gasteiger partial charge is 0.337 e. The van der Waals surface area contributed by atoms with Gasteiger partial charge in [-0.2, -0.15) is 0 Å². The number of aromatic nitrogens is 1. The highest BCUT2D eigenvalue weighted by atomic mass is 16.4. The largest absolute Gasteiger partial charge is 0.478 e. The van der Waals surface area contributed by atoms with Crippen molar-refractivity contribution in [1.29, 1.82) is 0 Å². The molecule has 1 atom stereocenters. The van der Waals surface area contributed by atoms with E-state index in [-0.39, 0.29) is 5.56 Å². The van der Waals surface area contributed by atoms with Crippen LogP contribution in [0.25, 0.3) is 0 Å². The van der Waals surface area contributed by atoms with E-state index in [0.717, 1.165) is 32.2 Å². The van der Waals surface area contributed by atoms with Crippen molar-refractivity contribution < 1.29 is 9.90 Å². The van der Waals surface area contributed by atoms with Crippen molar-refractivity contribution in [3.05, 3.63) is 83.2 Å². The Labute approximate surface area is 189 Å². The van der Waals surface area contributed by atoms with E-state index in [1.165, 1.54) is 47.1 Å². The summed E-state index contributed by atoms with van der Waals surface area (Å²) in [4.78, 5) is 18.1. The van der Waals surface area contributed by atoms with E-state index >= 15 is 0 Å². The molecule has 2 heterocycles. The Morgan fingerprint density at radius 2 is 1.94 bits per heavy atom. The lowest BCUT2D eigenvalue weighted by Crippen LogP contribution is -2.21. The molecular formula is C27H29N3O2. The number of nitrogens with zero attached hydrogens (tertiary/aromatic N) is 2. The molecule has 0 bridgehead atoms. The lowest BCUT2D eigenvalue weighted by Gasteiger charge is -2.30. The maximum Gasteiger partial charge on any atom is 0.337 e. The molecule has 164 valence electrons. The maximum atomic E-state index is 11.5. The van der Waals surface area contributed by atoms with E-state index in [2.05, 4.69) is 57.7 Å². The van der Waals surface area contributed by atoms with E-state index in [0.29, 0.717) is 18.2 Å². The van der Waals surface area contributed by atoms with Gasteiger partial charge >= 0.3 is 5.97 Å². The molecule has 0 amide bonds. The van der Waals surface area contributed by atoms with Gasteiger partial charge in [-0.25, -0.2) is 4.79 Å². The Hall–Kier alpha value is -3.34. The molecule has 0 fully saturated rings. The normalized spacial score (nSPS) is 17.8. The third-order valence-electron chi connectivity index (χ3n) is 6.83. The van der Waals surface area contributed by atoms with Gasteiger partial charge in [-0.1, -0.05) is 24.3 Å². The summed E-state index contributed by atoms with van der Waals surface area (Å²) in [5, 5.41) is 12.8. The summed E-state index contributed by atoms with van der Waals surface area (Å²) >= 11 is 0. The number of aryl methyl sites for hydroxylation is 2. The predicted molar refractivity (Wildman–Crippen MR) is 128 cm³/mol. The number of fused-ring (bicyclic) bond motifs is 2. The molecule has 3 aromatic rings. The minimum atomic E-state index is -0.929. The van der Waals surface area contributed by atoms with Crippen LogP contribution in [-0.4, -0.2) is 29.1 Å². The highest BCUT2D eigenvalue weighted by Crippen LogP contribution is 2.38. The number of anilines is 3. The SMILES string of the molecule is O=C(O)c1ccncc1NC[C@@H]1CCCc2cc(N3CCCCc4ccccc43)ccc21. The van der Waals surface area contributed by atoms with E-state index in [1.807, 2.05) is 0 Å². The van der Waals surface area contributed by atoms with Gasteiger partial charge in [0.1, 0.15) is 0 Å². The van der Waals surface area contributed by atoms with Gasteiger partial charge in [0, 0.05) is 36.6 Å². The topological polar surface area (TPSA) is 65.5 Å². The summed E-state index contributed by atoms with van der Waals surface area (Å²) in [5.41, 5.74) is 7.74. The number of para-hydroxylation sites is 1. The first kappa shape index (κ1) is 20.6. The maximum absolute atomic E-state index is 11.5. The van der Waals surface area contributed by atoms with E-state index < -0.39 is 5.97 Å². The predicted octanol–water partition coefficient (Wildman–Crippen LogP) is 5.79. The number of nitrogens with one attached hydrogen (secondary N) is 1. The van der Waals surface area contributed by atoms with E-state index in [4.69, 9.17) is 0 Å². The van der Waals surface area contributed by atoms with Crippen LogP contribution >= 0.6 is 0 Å². The van der Waals surface area contributed by atoms with Crippen molar-refractivity contribution >= 4 is 23.0 Å². The first-order valence-electron chi connectivity index (χ1n) is 11.6. The van der Waals surface area contributed by atoms with Gasteiger partial charge in [-0.3, -0.25) is 4.98 Å². The van der Waals surface area contributed by atoms with E-state index in [9.17, 15) is 9.90 Å². The van der Waals surface area contributed by atoms with Gasteiger partial charge in [0.25, 0.3) is 0 Å². The molecule has 2 aliphatic rings. The zero-order valence-electron chi connectivity index (χ0n) is 18.3. The molecule has 1 aliphatic carbocycles. The molecule has 0 saturated heterocycles. The Morgan fingerprint density at radius 3 is 2.84 bits per heavy atom. The van der Waals surface area contributed by atoms with Crippen LogP contribution in [0.2, 0.25) is 0 Å².